The SMILES string of the molecule is COC(=O)CC(NS(=O)(=O)c1cccs1)c1cccc(Br)c1. The topological polar surface area (TPSA) is 72.5 Å². The van der Waals surface area contributed by atoms with Crippen molar-refractivity contribution >= 4 is 43.3 Å². The number of carbonyl (C=O) groups excluding carboxylic acids is 1. The normalized spacial score (nSPS) is 12.8. The van der Waals surface area contributed by atoms with E-state index >= 15 is 0 Å². The highest BCUT2D eigenvalue weighted by Crippen LogP contribution is 2.25. The summed E-state index contributed by atoms with van der Waals surface area (Å²) in [6.45, 7) is 0. The van der Waals surface area contributed by atoms with Crippen molar-refractivity contribution < 1.29 is 17.9 Å². The lowest BCUT2D eigenvalue weighted by Gasteiger charge is -2.18. The molecule has 0 spiro atoms. The van der Waals surface area contributed by atoms with Crippen LogP contribution in [0.15, 0.2) is 50.5 Å². The largest absolute Gasteiger partial charge is 0.469 e. The summed E-state index contributed by atoms with van der Waals surface area (Å²) in [4.78, 5) is 11.6. The molecule has 1 unspecified atom stereocenters. The van der Waals surface area contributed by atoms with Crippen LogP contribution in [-0.4, -0.2) is 21.5 Å². The predicted molar refractivity (Wildman–Crippen MR) is 88.2 cm³/mol. The zero-order valence-corrected chi connectivity index (χ0v) is 14.9. The maximum absolute atomic E-state index is 12.4. The highest BCUT2D eigenvalue weighted by Gasteiger charge is 2.24. The minimum atomic E-state index is -3.69. The lowest BCUT2D eigenvalue weighted by Crippen LogP contribution is -2.30. The number of nitrogens with one attached hydrogen (secondary N) is 1. The van der Waals surface area contributed by atoms with Crippen molar-refractivity contribution in [1.82, 2.24) is 4.72 Å². The summed E-state index contributed by atoms with van der Waals surface area (Å²) in [5.74, 6) is -0.487. The summed E-state index contributed by atoms with van der Waals surface area (Å²) in [7, 11) is -2.41. The minimum Gasteiger partial charge on any atom is -0.469 e. The van der Waals surface area contributed by atoms with E-state index in [1.807, 2.05) is 6.07 Å². The number of carbonyl (C=O) groups is 1. The first-order valence-electron chi connectivity index (χ1n) is 6.30. The van der Waals surface area contributed by atoms with E-state index < -0.39 is 22.0 Å². The fraction of sp³-hybridized carbons (Fsp3) is 0.214. The van der Waals surface area contributed by atoms with Crippen molar-refractivity contribution in [3.05, 3.63) is 51.8 Å². The summed E-state index contributed by atoms with van der Waals surface area (Å²) >= 11 is 4.46. The number of rotatable bonds is 6. The van der Waals surface area contributed by atoms with E-state index in [4.69, 9.17) is 0 Å². The maximum atomic E-state index is 12.4. The van der Waals surface area contributed by atoms with Crippen LogP contribution >= 0.6 is 27.3 Å². The summed E-state index contributed by atoms with van der Waals surface area (Å²) in [6, 6.07) is 9.61. The second-order valence-corrected chi connectivity index (χ2v) is 8.25. The number of halogens is 1. The van der Waals surface area contributed by atoms with Gasteiger partial charge in [-0.05, 0) is 29.1 Å². The Morgan fingerprint density at radius 2 is 2.14 bits per heavy atom. The fourth-order valence-electron chi connectivity index (χ4n) is 1.86. The van der Waals surface area contributed by atoms with Gasteiger partial charge in [-0.1, -0.05) is 34.1 Å². The van der Waals surface area contributed by atoms with Gasteiger partial charge in [0.05, 0.1) is 19.6 Å². The molecular weight excluding hydrogens is 390 g/mol. The molecular formula is C14H14BrNO4S2. The molecule has 2 rings (SSSR count). The van der Waals surface area contributed by atoms with E-state index in [9.17, 15) is 13.2 Å². The van der Waals surface area contributed by atoms with Crippen LogP contribution in [-0.2, 0) is 19.6 Å². The molecule has 5 nitrogen and oxygen atoms in total. The Morgan fingerprint density at radius 3 is 2.73 bits per heavy atom. The summed E-state index contributed by atoms with van der Waals surface area (Å²) in [5, 5.41) is 1.68. The van der Waals surface area contributed by atoms with Gasteiger partial charge in [-0.3, -0.25) is 4.79 Å². The predicted octanol–water partition coefficient (Wildman–Crippen LogP) is 3.09. The van der Waals surface area contributed by atoms with Gasteiger partial charge in [-0.2, -0.15) is 0 Å². The molecule has 1 aromatic carbocycles. The van der Waals surface area contributed by atoms with Crippen molar-refractivity contribution in [3.8, 4) is 0 Å². The van der Waals surface area contributed by atoms with E-state index in [1.165, 1.54) is 13.2 Å². The van der Waals surface area contributed by atoms with Crippen molar-refractivity contribution in [2.24, 2.45) is 0 Å². The van der Waals surface area contributed by atoms with Gasteiger partial charge in [0, 0.05) is 4.47 Å². The number of thiophene rings is 1. The number of sulfonamides is 1. The van der Waals surface area contributed by atoms with E-state index in [-0.39, 0.29) is 10.6 Å². The van der Waals surface area contributed by atoms with Crippen molar-refractivity contribution in [2.45, 2.75) is 16.7 Å². The summed E-state index contributed by atoms with van der Waals surface area (Å²) in [6.07, 6.45) is -0.0858. The van der Waals surface area contributed by atoms with Crippen LogP contribution in [0, 0.1) is 0 Å². The van der Waals surface area contributed by atoms with Crippen LogP contribution in [0.5, 0.6) is 0 Å². The first-order valence-corrected chi connectivity index (χ1v) is 9.46. The van der Waals surface area contributed by atoms with Crippen molar-refractivity contribution in [3.63, 3.8) is 0 Å². The molecule has 0 bridgehead atoms. The monoisotopic (exact) mass is 403 g/mol. The number of methoxy groups -OCH3 is 1. The number of hydrogen-bond donors (Lipinski definition) is 1. The fourth-order valence-corrected chi connectivity index (χ4v) is 4.51. The Balaban J connectivity index is 2.31. The van der Waals surface area contributed by atoms with Crippen molar-refractivity contribution in [1.29, 1.82) is 0 Å². The van der Waals surface area contributed by atoms with E-state index in [0.29, 0.717) is 5.56 Å². The smallest absolute Gasteiger partial charge is 0.307 e. The average Bonchev–Trinajstić information content (AvgIpc) is 3.01. The molecule has 0 radical (unpaired) electrons. The average molecular weight is 404 g/mol. The molecule has 0 fully saturated rings. The Morgan fingerprint density at radius 1 is 1.36 bits per heavy atom. The lowest BCUT2D eigenvalue weighted by molar-refractivity contribution is -0.141. The number of ether oxygens (including phenoxy) is 1. The van der Waals surface area contributed by atoms with Crippen LogP contribution in [0.4, 0.5) is 0 Å². The minimum absolute atomic E-state index is 0.0858. The third-order valence-electron chi connectivity index (χ3n) is 2.91. The Labute approximate surface area is 141 Å². The van der Waals surface area contributed by atoms with Gasteiger partial charge < -0.3 is 4.74 Å². The van der Waals surface area contributed by atoms with Gasteiger partial charge in [-0.15, -0.1) is 11.3 Å². The molecule has 0 aliphatic carbocycles. The van der Waals surface area contributed by atoms with Crippen molar-refractivity contribution in [2.75, 3.05) is 7.11 Å². The number of hydrogen-bond acceptors (Lipinski definition) is 5. The summed E-state index contributed by atoms with van der Waals surface area (Å²) in [5.41, 5.74) is 0.680. The molecule has 1 atom stereocenters. The quantitative estimate of drug-likeness (QED) is 0.752. The van der Waals surface area contributed by atoms with E-state index in [0.717, 1.165) is 15.8 Å². The molecule has 0 saturated carbocycles. The van der Waals surface area contributed by atoms with Gasteiger partial charge in [0.25, 0.3) is 10.0 Å². The zero-order chi connectivity index (χ0) is 16.2. The van der Waals surface area contributed by atoms with Gasteiger partial charge in [0.15, 0.2) is 0 Å². The van der Waals surface area contributed by atoms with Crippen LogP contribution in [0.3, 0.4) is 0 Å². The van der Waals surface area contributed by atoms with Gasteiger partial charge in [0.2, 0.25) is 0 Å². The molecule has 8 heteroatoms. The number of benzene rings is 1. The molecule has 118 valence electrons. The van der Waals surface area contributed by atoms with Gasteiger partial charge >= 0.3 is 5.97 Å². The third kappa shape index (κ3) is 4.39. The summed E-state index contributed by atoms with van der Waals surface area (Å²) < 4.78 is 33.0. The molecule has 1 heterocycles. The van der Waals surface area contributed by atoms with Crippen LogP contribution in [0.2, 0.25) is 0 Å². The third-order valence-corrected chi connectivity index (χ3v) is 6.27. The molecule has 0 amide bonds. The first kappa shape index (κ1) is 17.1. The highest BCUT2D eigenvalue weighted by molar-refractivity contribution is 9.10. The molecule has 1 aromatic heterocycles. The number of esters is 1. The van der Waals surface area contributed by atoms with E-state index in [2.05, 4.69) is 25.4 Å². The van der Waals surface area contributed by atoms with Gasteiger partial charge in [-0.25, -0.2) is 13.1 Å². The maximum Gasteiger partial charge on any atom is 0.307 e. The molecule has 0 aliphatic heterocycles. The van der Waals surface area contributed by atoms with Gasteiger partial charge in [0.1, 0.15) is 4.21 Å². The molecule has 22 heavy (non-hydrogen) atoms. The van der Waals surface area contributed by atoms with Crippen LogP contribution < -0.4 is 4.72 Å². The molecule has 1 N–H and O–H groups in total. The highest BCUT2D eigenvalue weighted by atomic mass is 79.9. The second-order valence-electron chi connectivity index (χ2n) is 4.44. The Hall–Kier alpha value is -1.22. The molecule has 2 aromatic rings. The zero-order valence-electron chi connectivity index (χ0n) is 11.7. The molecule has 0 saturated heterocycles. The van der Waals surface area contributed by atoms with E-state index in [1.54, 1.807) is 29.6 Å². The Bertz CT molecular complexity index is 744. The first-order chi connectivity index (χ1) is 10.4. The standard InChI is InChI=1S/C14H14BrNO4S2/c1-20-13(17)9-12(10-4-2-5-11(15)8-10)16-22(18,19)14-6-3-7-21-14/h2-8,12,16H,9H2,1H3. The lowest BCUT2D eigenvalue weighted by atomic mass is 10.1. The van der Waals surface area contributed by atoms with Crippen LogP contribution in [0.1, 0.15) is 18.0 Å². The second kappa shape index (κ2) is 7.36. The molecule has 0 aliphatic rings. The Kier molecular flexibility index (Phi) is 5.74. The van der Waals surface area contributed by atoms with Crippen LogP contribution in [0.25, 0.3) is 0 Å².